The second kappa shape index (κ2) is 10.6. The van der Waals surface area contributed by atoms with Crippen molar-refractivity contribution < 1.29 is 29.0 Å². The molecule has 3 aliphatic rings. The van der Waals surface area contributed by atoms with Crippen LogP contribution in [0, 0.1) is 17.8 Å². The highest BCUT2D eigenvalue weighted by atomic mass is 16.5. The molecule has 3 aliphatic heterocycles. The summed E-state index contributed by atoms with van der Waals surface area (Å²) in [5.74, 6) is -1.81. The first-order valence-corrected chi connectivity index (χ1v) is 13.6. The van der Waals surface area contributed by atoms with Crippen LogP contribution >= 0.6 is 0 Å². The topological polar surface area (TPSA) is 117 Å². The first-order valence-electron chi connectivity index (χ1n) is 13.6. The van der Waals surface area contributed by atoms with Gasteiger partial charge in [0.15, 0.2) is 0 Å². The van der Waals surface area contributed by atoms with Gasteiger partial charge < -0.3 is 30.1 Å². The lowest BCUT2D eigenvalue weighted by molar-refractivity contribution is -0.150. The molecule has 2 bridgehead atoms. The van der Waals surface area contributed by atoms with E-state index in [4.69, 9.17) is 9.47 Å². The van der Waals surface area contributed by atoms with Gasteiger partial charge in [-0.05, 0) is 63.3 Å². The number of amides is 3. The number of unbranched alkanes of at least 4 members (excludes halogenated alkanes) is 1. The standard InChI is InChI=1S/C28H41N3O6/c1-6-8-15-29-25(34)23-28-14-13-27(5,37-28)21(22(28)26(35)31(23)20(16-32)17(3)4)24(33)30-18-9-11-19(12-10-18)36-7-2/h9-12,17,20-23,32H,6-8,13-16H2,1-5H3,(H,29,34)(H,30,33)/t20-,21-,22-,23?,27+,28?/m0/s1. The summed E-state index contributed by atoms with van der Waals surface area (Å²) in [5, 5.41) is 16.2. The maximum absolute atomic E-state index is 14.1. The smallest absolute Gasteiger partial charge is 0.245 e. The first kappa shape index (κ1) is 27.4. The summed E-state index contributed by atoms with van der Waals surface area (Å²) in [4.78, 5) is 43.0. The minimum atomic E-state index is -1.11. The summed E-state index contributed by atoms with van der Waals surface area (Å²) in [5.41, 5.74) is -1.37. The minimum absolute atomic E-state index is 0.0842. The lowest BCUT2D eigenvalue weighted by Crippen LogP contribution is -2.59. The average Bonchev–Trinajstić information content (AvgIpc) is 3.42. The maximum Gasteiger partial charge on any atom is 0.245 e. The fourth-order valence-electron chi connectivity index (χ4n) is 6.55. The molecule has 2 unspecified atom stereocenters. The Balaban J connectivity index is 1.67. The van der Waals surface area contributed by atoms with Crippen molar-refractivity contribution in [1.82, 2.24) is 10.2 Å². The number of ether oxygens (including phenoxy) is 2. The zero-order valence-electron chi connectivity index (χ0n) is 22.6. The van der Waals surface area contributed by atoms with Crippen molar-refractivity contribution in [3.8, 4) is 5.75 Å². The molecule has 3 heterocycles. The van der Waals surface area contributed by atoms with E-state index >= 15 is 0 Å². The Morgan fingerprint density at radius 2 is 1.89 bits per heavy atom. The van der Waals surface area contributed by atoms with Crippen molar-refractivity contribution in [2.45, 2.75) is 83.6 Å². The molecule has 6 atom stereocenters. The molecule has 0 radical (unpaired) electrons. The van der Waals surface area contributed by atoms with Crippen molar-refractivity contribution in [3.05, 3.63) is 24.3 Å². The van der Waals surface area contributed by atoms with Crippen LogP contribution in [0.15, 0.2) is 24.3 Å². The molecule has 0 saturated carbocycles. The number of aliphatic hydroxyl groups is 1. The number of hydrogen-bond acceptors (Lipinski definition) is 6. The Kier molecular flexibility index (Phi) is 7.85. The van der Waals surface area contributed by atoms with Gasteiger partial charge in [-0.3, -0.25) is 14.4 Å². The number of anilines is 1. The Hall–Kier alpha value is -2.65. The van der Waals surface area contributed by atoms with Gasteiger partial charge in [-0.1, -0.05) is 27.2 Å². The Morgan fingerprint density at radius 3 is 2.49 bits per heavy atom. The average molecular weight is 516 g/mol. The van der Waals surface area contributed by atoms with Crippen LogP contribution in [0.4, 0.5) is 5.69 Å². The van der Waals surface area contributed by atoms with Gasteiger partial charge >= 0.3 is 0 Å². The predicted octanol–water partition coefficient (Wildman–Crippen LogP) is 2.72. The maximum atomic E-state index is 14.1. The second-order valence-corrected chi connectivity index (χ2v) is 11.1. The van der Waals surface area contributed by atoms with E-state index in [2.05, 4.69) is 10.6 Å². The van der Waals surface area contributed by atoms with E-state index in [-0.39, 0.29) is 30.2 Å². The number of hydrogen-bond donors (Lipinski definition) is 3. The molecular weight excluding hydrogens is 474 g/mol. The van der Waals surface area contributed by atoms with E-state index in [9.17, 15) is 19.5 Å². The third-order valence-electron chi connectivity index (χ3n) is 8.32. The summed E-state index contributed by atoms with van der Waals surface area (Å²) in [6.07, 6.45) is 2.82. The molecule has 0 aromatic heterocycles. The van der Waals surface area contributed by atoms with E-state index in [1.54, 1.807) is 24.3 Å². The minimum Gasteiger partial charge on any atom is -0.494 e. The second-order valence-electron chi connectivity index (χ2n) is 11.1. The third kappa shape index (κ3) is 4.61. The van der Waals surface area contributed by atoms with E-state index < -0.39 is 35.1 Å². The van der Waals surface area contributed by atoms with Crippen LogP contribution < -0.4 is 15.4 Å². The fourth-order valence-corrected chi connectivity index (χ4v) is 6.55. The number of aliphatic hydroxyl groups excluding tert-OH is 1. The van der Waals surface area contributed by atoms with Gasteiger partial charge in [0, 0.05) is 12.2 Å². The van der Waals surface area contributed by atoms with E-state index in [0.29, 0.717) is 37.4 Å². The molecule has 3 amide bonds. The van der Waals surface area contributed by atoms with Gasteiger partial charge in [-0.2, -0.15) is 0 Å². The predicted molar refractivity (Wildman–Crippen MR) is 139 cm³/mol. The summed E-state index contributed by atoms with van der Waals surface area (Å²) >= 11 is 0. The van der Waals surface area contributed by atoms with Gasteiger partial charge in [0.05, 0.1) is 36.7 Å². The molecule has 9 heteroatoms. The molecule has 1 aromatic rings. The van der Waals surface area contributed by atoms with Crippen molar-refractivity contribution >= 4 is 23.4 Å². The zero-order valence-corrected chi connectivity index (χ0v) is 22.6. The zero-order chi connectivity index (χ0) is 27.0. The van der Waals surface area contributed by atoms with Crippen LogP contribution in [-0.2, 0) is 19.1 Å². The normalized spacial score (nSPS) is 30.9. The van der Waals surface area contributed by atoms with Crippen LogP contribution in [0.5, 0.6) is 5.75 Å². The SMILES string of the molecule is CCCCNC(=O)C1N([C@@H](CO)C(C)C)C(=O)[C@@H]2[C@@H](C(=O)Nc3ccc(OCC)cc3)[C@@]3(C)CCC12O3. The number of benzene rings is 1. The van der Waals surface area contributed by atoms with Crippen LogP contribution in [0.3, 0.4) is 0 Å². The highest BCUT2D eigenvalue weighted by molar-refractivity contribution is 6.02. The third-order valence-corrected chi connectivity index (χ3v) is 8.32. The molecule has 0 aliphatic carbocycles. The number of nitrogens with zero attached hydrogens (tertiary/aromatic N) is 1. The van der Waals surface area contributed by atoms with Crippen LogP contribution in [0.1, 0.15) is 60.3 Å². The number of carbonyl (C=O) groups is 3. The molecular formula is C28H41N3O6. The van der Waals surface area contributed by atoms with Gasteiger partial charge in [0.1, 0.15) is 17.4 Å². The molecule has 3 N–H and O–H groups in total. The van der Waals surface area contributed by atoms with Gasteiger partial charge in [0.25, 0.3) is 0 Å². The van der Waals surface area contributed by atoms with Crippen LogP contribution in [-0.4, -0.2) is 70.8 Å². The lowest BCUT2D eigenvalue weighted by Gasteiger charge is -2.38. The van der Waals surface area contributed by atoms with Gasteiger partial charge in [-0.15, -0.1) is 0 Å². The molecule has 4 rings (SSSR count). The van der Waals surface area contributed by atoms with Crippen molar-refractivity contribution in [3.63, 3.8) is 0 Å². The summed E-state index contributed by atoms with van der Waals surface area (Å²) in [6, 6.07) is 5.65. The number of fused-ring (bicyclic) bond motifs is 1. The first-order chi connectivity index (χ1) is 17.6. The number of nitrogens with one attached hydrogen (secondary N) is 2. The van der Waals surface area contributed by atoms with Crippen LogP contribution in [0.25, 0.3) is 0 Å². The van der Waals surface area contributed by atoms with E-state index in [1.165, 1.54) is 4.90 Å². The Morgan fingerprint density at radius 1 is 1.19 bits per heavy atom. The monoisotopic (exact) mass is 515 g/mol. The fraction of sp³-hybridized carbons (Fsp3) is 0.679. The van der Waals surface area contributed by atoms with Crippen LogP contribution in [0.2, 0.25) is 0 Å². The van der Waals surface area contributed by atoms with Crippen molar-refractivity contribution in [2.75, 3.05) is 25.1 Å². The summed E-state index contributed by atoms with van der Waals surface area (Å²) < 4.78 is 12.1. The van der Waals surface area contributed by atoms with Gasteiger partial charge in [0.2, 0.25) is 17.7 Å². The van der Waals surface area contributed by atoms with Gasteiger partial charge in [-0.25, -0.2) is 0 Å². The largest absolute Gasteiger partial charge is 0.494 e. The van der Waals surface area contributed by atoms with Crippen molar-refractivity contribution in [1.29, 1.82) is 0 Å². The molecule has 1 aromatic carbocycles. The highest BCUT2D eigenvalue weighted by Gasteiger charge is 2.78. The van der Waals surface area contributed by atoms with Crippen molar-refractivity contribution in [2.24, 2.45) is 17.8 Å². The summed E-state index contributed by atoms with van der Waals surface area (Å²) in [6.45, 7) is 10.4. The Labute approximate surface area is 219 Å². The molecule has 3 saturated heterocycles. The quantitative estimate of drug-likeness (QED) is 0.390. The summed E-state index contributed by atoms with van der Waals surface area (Å²) in [7, 11) is 0. The Bertz CT molecular complexity index is 1010. The molecule has 204 valence electrons. The number of likely N-dealkylation sites (tertiary alicyclic amines) is 1. The molecule has 3 fully saturated rings. The number of carbonyl (C=O) groups excluding carboxylic acids is 3. The molecule has 1 spiro atoms. The highest BCUT2D eigenvalue weighted by Crippen LogP contribution is 2.63. The van der Waals surface area contributed by atoms with E-state index in [1.807, 2.05) is 34.6 Å². The molecule has 37 heavy (non-hydrogen) atoms. The van der Waals surface area contributed by atoms with E-state index in [0.717, 1.165) is 12.8 Å². The molecule has 9 nitrogen and oxygen atoms in total. The lowest BCUT2D eigenvalue weighted by atomic mass is 9.66. The number of rotatable bonds is 11.